The molecule has 23 heavy (non-hydrogen) atoms. The average molecular weight is 327 g/mol. The highest BCUT2D eigenvalue weighted by molar-refractivity contribution is 6.30. The number of hydrogen-bond acceptors (Lipinski definition) is 3. The predicted octanol–water partition coefficient (Wildman–Crippen LogP) is 4.18. The van der Waals surface area contributed by atoms with Crippen molar-refractivity contribution < 1.29 is 14.3 Å². The molecular formula is C19H15ClO3. The molecule has 1 aliphatic heterocycles. The highest BCUT2D eigenvalue weighted by atomic mass is 35.5. The average Bonchev–Trinajstić information content (AvgIpc) is 3.00. The summed E-state index contributed by atoms with van der Waals surface area (Å²) in [6.07, 6.45) is 2.97. The van der Waals surface area contributed by atoms with Crippen LogP contribution in [0.5, 0.6) is 0 Å². The van der Waals surface area contributed by atoms with Crippen LogP contribution in [0.25, 0.3) is 0 Å². The molecule has 0 aromatic heterocycles. The summed E-state index contributed by atoms with van der Waals surface area (Å²) in [5, 5.41) is 0.591. The Morgan fingerprint density at radius 3 is 2.39 bits per heavy atom. The van der Waals surface area contributed by atoms with E-state index in [0.29, 0.717) is 10.6 Å². The summed E-state index contributed by atoms with van der Waals surface area (Å²) in [7, 11) is 0. The van der Waals surface area contributed by atoms with Gasteiger partial charge >= 0.3 is 5.97 Å². The van der Waals surface area contributed by atoms with Gasteiger partial charge in [0.05, 0.1) is 0 Å². The number of benzene rings is 2. The summed E-state index contributed by atoms with van der Waals surface area (Å²) in [5.74, 6) is -0.580. The van der Waals surface area contributed by atoms with Gasteiger partial charge in [-0.05, 0) is 35.9 Å². The van der Waals surface area contributed by atoms with Crippen LogP contribution in [0, 0.1) is 0 Å². The number of Topliss-reactive ketones (excluding diaryl/α,β-unsaturated/α-hetero) is 1. The Morgan fingerprint density at radius 1 is 1.09 bits per heavy atom. The summed E-state index contributed by atoms with van der Waals surface area (Å²) >= 11 is 5.86. The van der Waals surface area contributed by atoms with Crippen molar-refractivity contribution in [1.29, 1.82) is 0 Å². The molecule has 2 atom stereocenters. The topological polar surface area (TPSA) is 43.4 Å². The van der Waals surface area contributed by atoms with Crippen LogP contribution in [-0.4, -0.2) is 17.9 Å². The molecule has 0 radical (unpaired) electrons. The monoisotopic (exact) mass is 326 g/mol. The molecule has 2 aromatic rings. The van der Waals surface area contributed by atoms with Gasteiger partial charge in [0.2, 0.25) is 0 Å². The van der Waals surface area contributed by atoms with E-state index in [1.165, 1.54) is 6.08 Å². The lowest BCUT2D eigenvalue weighted by Gasteiger charge is -2.21. The first-order valence-corrected chi connectivity index (χ1v) is 7.74. The van der Waals surface area contributed by atoms with Crippen LogP contribution in [0.2, 0.25) is 5.02 Å². The number of hydrogen-bond donors (Lipinski definition) is 0. The zero-order chi connectivity index (χ0) is 16.2. The van der Waals surface area contributed by atoms with E-state index in [2.05, 4.69) is 0 Å². The lowest BCUT2D eigenvalue weighted by Crippen LogP contribution is -2.21. The second-order valence-electron chi connectivity index (χ2n) is 5.41. The van der Waals surface area contributed by atoms with Crippen LogP contribution in [0.4, 0.5) is 0 Å². The second kappa shape index (κ2) is 6.80. The maximum absolute atomic E-state index is 12.6. The Hall–Kier alpha value is -2.39. The number of ketones is 1. The quantitative estimate of drug-likeness (QED) is 0.611. The maximum atomic E-state index is 12.6. The fourth-order valence-electron chi connectivity index (χ4n) is 2.68. The van der Waals surface area contributed by atoms with Gasteiger partial charge in [0, 0.05) is 29.0 Å². The number of carbonyl (C=O) groups is 2. The van der Waals surface area contributed by atoms with E-state index < -0.39 is 6.10 Å². The van der Waals surface area contributed by atoms with Crippen molar-refractivity contribution in [3.05, 3.63) is 82.9 Å². The first-order chi connectivity index (χ1) is 11.1. The molecule has 2 aromatic carbocycles. The van der Waals surface area contributed by atoms with Crippen LogP contribution < -0.4 is 0 Å². The van der Waals surface area contributed by atoms with Gasteiger partial charge < -0.3 is 4.74 Å². The highest BCUT2D eigenvalue weighted by Gasteiger charge is 2.30. The van der Waals surface area contributed by atoms with Gasteiger partial charge in [0.25, 0.3) is 0 Å². The molecule has 1 aliphatic rings. The van der Waals surface area contributed by atoms with E-state index in [-0.39, 0.29) is 24.1 Å². The molecule has 0 amide bonds. The first-order valence-electron chi connectivity index (χ1n) is 7.36. The second-order valence-corrected chi connectivity index (χ2v) is 5.85. The third kappa shape index (κ3) is 3.69. The van der Waals surface area contributed by atoms with E-state index in [9.17, 15) is 9.59 Å². The molecular weight excluding hydrogens is 312 g/mol. The summed E-state index contributed by atoms with van der Waals surface area (Å²) in [6.45, 7) is 0. The Balaban J connectivity index is 1.84. The molecule has 3 nitrogen and oxygen atoms in total. The number of cyclic esters (lactones) is 1. The molecule has 0 N–H and O–H groups in total. The smallest absolute Gasteiger partial charge is 0.331 e. The third-order valence-electron chi connectivity index (χ3n) is 3.87. The molecule has 0 saturated heterocycles. The summed E-state index contributed by atoms with van der Waals surface area (Å²) in [6, 6.07) is 16.4. The van der Waals surface area contributed by atoms with Crippen LogP contribution in [0.1, 0.15) is 28.3 Å². The highest BCUT2D eigenvalue weighted by Crippen LogP contribution is 2.30. The van der Waals surface area contributed by atoms with Gasteiger partial charge in [-0.25, -0.2) is 4.79 Å². The zero-order valence-electron chi connectivity index (χ0n) is 12.3. The largest absolute Gasteiger partial charge is 0.454 e. The van der Waals surface area contributed by atoms with Gasteiger partial charge in [-0.2, -0.15) is 0 Å². The van der Waals surface area contributed by atoms with Gasteiger partial charge in [-0.1, -0.05) is 41.9 Å². The van der Waals surface area contributed by atoms with Gasteiger partial charge in [0.1, 0.15) is 6.10 Å². The summed E-state index contributed by atoms with van der Waals surface area (Å²) in [5.41, 5.74) is 1.57. The lowest BCUT2D eigenvalue weighted by molar-refractivity contribution is -0.139. The third-order valence-corrected chi connectivity index (χ3v) is 4.12. The Morgan fingerprint density at radius 2 is 1.78 bits per heavy atom. The Bertz CT molecular complexity index is 735. The summed E-state index contributed by atoms with van der Waals surface area (Å²) < 4.78 is 5.31. The van der Waals surface area contributed by atoms with E-state index in [4.69, 9.17) is 16.3 Å². The molecule has 0 saturated carbocycles. The molecule has 1 heterocycles. The minimum absolute atomic E-state index is 0.00753. The minimum atomic E-state index is -0.416. The van der Waals surface area contributed by atoms with Crippen LogP contribution >= 0.6 is 11.6 Å². The lowest BCUT2D eigenvalue weighted by atomic mass is 9.87. The standard InChI is InChI=1S/C19H15ClO3/c20-15-8-6-14(7-9-15)17(21)12-16(13-4-2-1-3-5-13)18-10-11-19(22)23-18/h1-11,16,18H,12H2/t16-,18+/m1/s1. The predicted molar refractivity (Wildman–Crippen MR) is 88.6 cm³/mol. The van der Waals surface area contributed by atoms with Crippen LogP contribution in [0.3, 0.4) is 0 Å². The molecule has 0 unspecified atom stereocenters. The van der Waals surface area contributed by atoms with Crippen molar-refractivity contribution in [2.75, 3.05) is 0 Å². The Labute approximate surface area is 139 Å². The SMILES string of the molecule is O=C1C=C[C@@H]([C@H](CC(=O)c2ccc(Cl)cc2)c2ccccc2)O1. The molecule has 4 heteroatoms. The number of rotatable bonds is 5. The molecule has 0 aliphatic carbocycles. The number of halogens is 1. The van der Waals surface area contributed by atoms with E-state index >= 15 is 0 Å². The van der Waals surface area contributed by atoms with Gasteiger partial charge in [-0.3, -0.25) is 4.79 Å². The molecule has 0 fully saturated rings. The maximum Gasteiger partial charge on any atom is 0.331 e. The van der Waals surface area contributed by atoms with Crippen LogP contribution in [0.15, 0.2) is 66.7 Å². The number of ether oxygens (including phenoxy) is 1. The van der Waals surface area contributed by atoms with Crippen molar-refractivity contribution in [3.8, 4) is 0 Å². The van der Waals surface area contributed by atoms with Gasteiger partial charge in [0.15, 0.2) is 5.78 Å². The van der Waals surface area contributed by atoms with Gasteiger partial charge in [-0.15, -0.1) is 0 Å². The fraction of sp³-hybridized carbons (Fsp3) is 0.158. The molecule has 0 spiro atoms. The van der Waals surface area contributed by atoms with E-state index in [0.717, 1.165) is 5.56 Å². The number of carbonyl (C=O) groups excluding carboxylic acids is 2. The van der Waals surface area contributed by atoms with Crippen LogP contribution in [-0.2, 0) is 9.53 Å². The van der Waals surface area contributed by atoms with Crippen molar-refractivity contribution in [1.82, 2.24) is 0 Å². The van der Waals surface area contributed by atoms with Crippen molar-refractivity contribution in [2.24, 2.45) is 0 Å². The molecule has 3 rings (SSSR count). The van der Waals surface area contributed by atoms with E-state index in [1.807, 2.05) is 30.3 Å². The summed E-state index contributed by atoms with van der Waals surface area (Å²) in [4.78, 5) is 23.9. The van der Waals surface area contributed by atoms with Crippen molar-refractivity contribution in [2.45, 2.75) is 18.4 Å². The molecule has 0 bridgehead atoms. The van der Waals surface area contributed by atoms with Crippen molar-refractivity contribution >= 4 is 23.4 Å². The zero-order valence-corrected chi connectivity index (χ0v) is 13.1. The van der Waals surface area contributed by atoms with Crippen molar-refractivity contribution in [3.63, 3.8) is 0 Å². The Kier molecular flexibility index (Phi) is 4.58. The number of esters is 1. The fourth-order valence-corrected chi connectivity index (χ4v) is 2.81. The minimum Gasteiger partial charge on any atom is -0.454 e. The van der Waals surface area contributed by atoms with E-state index in [1.54, 1.807) is 30.3 Å². The normalized spacial score (nSPS) is 17.8. The molecule has 116 valence electrons. The first kappa shape index (κ1) is 15.5.